The summed E-state index contributed by atoms with van der Waals surface area (Å²) in [6.07, 6.45) is 0. The van der Waals surface area contributed by atoms with Gasteiger partial charge in [-0.2, -0.15) is 0 Å². The average molecular weight is 360 g/mol. The molecule has 0 aliphatic carbocycles. The van der Waals surface area contributed by atoms with Gasteiger partial charge < -0.3 is 4.74 Å². The molecule has 3 rings (SSSR count). The Hall–Kier alpha value is -3.20. The van der Waals surface area contributed by atoms with Crippen molar-refractivity contribution in [1.29, 1.82) is 0 Å². The molecule has 9 heteroatoms. The zero-order valence-electron chi connectivity index (χ0n) is 12.9. The number of benzene rings is 2. The van der Waals surface area contributed by atoms with Gasteiger partial charge in [-0.15, -0.1) is 0 Å². The number of nitrogens with one attached hydrogen (secondary N) is 2. The molecule has 1 aliphatic heterocycles. The Morgan fingerprint density at radius 2 is 1.72 bits per heavy atom. The molecular weight excluding hydrogens is 348 g/mol. The maximum Gasteiger partial charge on any atom is 0.339 e. The first-order valence-corrected chi connectivity index (χ1v) is 8.51. The number of carbonyl (C=O) groups excluding carboxylic acids is 3. The highest BCUT2D eigenvalue weighted by atomic mass is 32.2. The number of imide groups is 1. The molecule has 1 aliphatic rings. The first-order chi connectivity index (χ1) is 11.8. The Kier molecular flexibility index (Phi) is 4.01. The molecule has 25 heavy (non-hydrogen) atoms. The van der Waals surface area contributed by atoms with E-state index in [0.29, 0.717) is 0 Å². The van der Waals surface area contributed by atoms with E-state index < -0.39 is 27.8 Å². The van der Waals surface area contributed by atoms with Crippen molar-refractivity contribution >= 4 is 33.5 Å². The van der Waals surface area contributed by atoms with Crippen molar-refractivity contribution in [3.05, 3.63) is 59.2 Å². The van der Waals surface area contributed by atoms with E-state index in [9.17, 15) is 22.8 Å². The molecule has 0 radical (unpaired) electrons. The van der Waals surface area contributed by atoms with Gasteiger partial charge in [-0.3, -0.25) is 19.6 Å². The van der Waals surface area contributed by atoms with Crippen LogP contribution in [0.3, 0.4) is 0 Å². The van der Waals surface area contributed by atoms with Gasteiger partial charge in [-0.1, -0.05) is 12.1 Å². The summed E-state index contributed by atoms with van der Waals surface area (Å²) in [6, 6.07) is 9.52. The Labute approximate surface area is 142 Å². The van der Waals surface area contributed by atoms with Crippen LogP contribution in [0.4, 0.5) is 5.69 Å². The van der Waals surface area contributed by atoms with Crippen LogP contribution in [0.2, 0.25) is 0 Å². The van der Waals surface area contributed by atoms with Crippen LogP contribution >= 0.6 is 0 Å². The van der Waals surface area contributed by atoms with E-state index in [-0.39, 0.29) is 27.3 Å². The Bertz CT molecular complexity index is 1010. The SMILES string of the molecule is COC(=O)c1ccccc1NS(=O)(=O)c1ccc2c(c1)C(=O)NC2=O. The topological polar surface area (TPSA) is 119 Å². The van der Waals surface area contributed by atoms with Crippen LogP contribution in [0.1, 0.15) is 31.1 Å². The van der Waals surface area contributed by atoms with Gasteiger partial charge in [0.1, 0.15) is 0 Å². The molecule has 1 heterocycles. The molecule has 0 atom stereocenters. The predicted octanol–water partition coefficient (Wildman–Crippen LogP) is 1.16. The third-order valence-electron chi connectivity index (χ3n) is 3.59. The first-order valence-electron chi connectivity index (χ1n) is 7.03. The Morgan fingerprint density at radius 1 is 1.04 bits per heavy atom. The van der Waals surface area contributed by atoms with Gasteiger partial charge in [-0.05, 0) is 30.3 Å². The number of anilines is 1. The molecule has 0 aromatic heterocycles. The lowest BCUT2D eigenvalue weighted by Crippen LogP contribution is -2.20. The van der Waals surface area contributed by atoms with Gasteiger partial charge in [0.25, 0.3) is 21.8 Å². The summed E-state index contributed by atoms with van der Waals surface area (Å²) in [5, 5.41) is 2.09. The Balaban J connectivity index is 2.00. The summed E-state index contributed by atoms with van der Waals surface area (Å²) in [5.74, 6) is -1.93. The lowest BCUT2D eigenvalue weighted by Gasteiger charge is -2.11. The fourth-order valence-corrected chi connectivity index (χ4v) is 3.48. The second-order valence-electron chi connectivity index (χ2n) is 5.13. The molecule has 2 amide bonds. The summed E-state index contributed by atoms with van der Waals surface area (Å²) in [7, 11) is -2.90. The van der Waals surface area contributed by atoms with E-state index >= 15 is 0 Å². The number of fused-ring (bicyclic) bond motifs is 1. The number of ether oxygens (including phenoxy) is 1. The first kappa shape index (κ1) is 16.7. The van der Waals surface area contributed by atoms with Gasteiger partial charge >= 0.3 is 5.97 Å². The molecule has 128 valence electrons. The van der Waals surface area contributed by atoms with E-state index in [0.717, 1.165) is 6.07 Å². The number of rotatable bonds is 4. The van der Waals surface area contributed by atoms with Gasteiger partial charge in [0.15, 0.2) is 0 Å². The summed E-state index contributed by atoms with van der Waals surface area (Å²) in [5.41, 5.74) is 0.172. The molecule has 0 saturated heterocycles. The van der Waals surface area contributed by atoms with Gasteiger partial charge in [0.05, 0.1) is 34.4 Å². The van der Waals surface area contributed by atoms with Crippen LogP contribution in [-0.2, 0) is 14.8 Å². The lowest BCUT2D eigenvalue weighted by atomic mass is 10.1. The number of para-hydroxylation sites is 1. The number of methoxy groups -OCH3 is 1. The number of amides is 2. The fourth-order valence-electron chi connectivity index (χ4n) is 2.38. The number of hydrogen-bond donors (Lipinski definition) is 2. The van der Waals surface area contributed by atoms with Crippen molar-refractivity contribution in [3.63, 3.8) is 0 Å². The minimum Gasteiger partial charge on any atom is -0.465 e. The van der Waals surface area contributed by atoms with Crippen LogP contribution in [0, 0.1) is 0 Å². The summed E-state index contributed by atoms with van der Waals surface area (Å²) in [6.45, 7) is 0. The molecule has 0 bridgehead atoms. The summed E-state index contributed by atoms with van der Waals surface area (Å²) < 4.78 is 32.1. The highest BCUT2D eigenvalue weighted by molar-refractivity contribution is 7.92. The lowest BCUT2D eigenvalue weighted by molar-refractivity contribution is 0.0601. The van der Waals surface area contributed by atoms with Gasteiger partial charge in [0, 0.05) is 0 Å². The zero-order chi connectivity index (χ0) is 18.2. The molecule has 2 aromatic rings. The van der Waals surface area contributed by atoms with Crippen LogP contribution in [-0.4, -0.2) is 33.3 Å². The number of carbonyl (C=O) groups is 3. The highest BCUT2D eigenvalue weighted by Gasteiger charge is 2.29. The maximum absolute atomic E-state index is 12.6. The van der Waals surface area contributed by atoms with Crippen LogP contribution in [0.5, 0.6) is 0 Å². The van der Waals surface area contributed by atoms with Crippen LogP contribution in [0.25, 0.3) is 0 Å². The summed E-state index contributed by atoms with van der Waals surface area (Å²) in [4.78, 5) is 34.7. The largest absolute Gasteiger partial charge is 0.465 e. The second kappa shape index (κ2) is 6.02. The Morgan fingerprint density at radius 3 is 2.44 bits per heavy atom. The third-order valence-corrected chi connectivity index (χ3v) is 4.96. The number of sulfonamides is 1. The van der Waals surface area contributed by atoms with Crippen LogP contribution in [0.15, 0.2) is 47.4 Å². The quantitative estimate of drug-likeness (QED) is 0.624. The van der Waals surface area contributed by atoms with E-state index in [4.69, 9.17) is 0 Å². The molecule has 0 fully saturated rings. The van der Waals surface area contributed by atoms with Crippen molar-refractivity contribution < 1.29 is 27.5 Å². The normalized spacial score (nSPS) is 13.2. The molecule has 2 N–H and O–H groups in total. The van der Waals surface area contributed by atoms with Crippen molar-refractivity contribution in [1.82, 2.24) is 5.32 Å². The highest BCUT2D eigenvalue weighted by Crippen LogP contribution is 2.24. The zero-order valence-corrected chi connectivity index (χ0v) is 13.7. The van der Waals surface area contributed by atoms with E-state index in [1.54, 1.807) is 12.1 Å². The molecule has 0 unspecified atom stereocenters. The van der Waals surface area contributed by atoms with Crippen LogP contribution < -0.4 is 10.0 Å². The molecule has 8 nitrogen and oxygen atoms in total. The molecule has 0 saturated carbocycles. The molecule has 0 spiro atoms. The molecule has 2 aromatic carbocycles. The number of hydrogen-bond acceptors (Lipinski definition) is 6. The summed E-state index contributed by atoms with van der Waals surface area (Å²) >= 11 is 0. The van der Waals surface area contributed by atoms with E-state index in [1.807, 2.05) is 0 Å². The minimum atomic E-state index is -4.09. The van der Waals surface area contributed by atoms with E-state index in [2.05, 4.69) is 14.8 Å². The standard InChI is InChI=1S/C16H12N2O6S/c1-24-16(21)11-4-2-3-5-13(11)18-25(22,23)9-6-7-10-12(8-9)15(20)17-14(10)19/h2-8,18H,1H3,(H,17,19,20). The molecular formula is C16H12N2O6S. The van der Waals surface area contributed by atoms with Crippen molar-refractivity contribution in [2.75, 3.05) is 11.8 Å². The van der Waals surface area contributed by atoms with Crippen molar-refractivity contribution in [3.8, 4) is 0 Å². The van der Waals surface area contributed by atoms with Gasteiger partial charge in [-0.25, -0.2) is 13.2 Å². The average Bonchev–Trinajstić information content (AvgIpc) is 2.88. The minimum absolute atomic E-state index is 0.0193. The van der Waals surface area contributed by atoms with Crippen molar-refractivity contribution in [2.24, 2.45) is 0 Å². The number of esters is 1. The monoisotopic (exact) mass is 360 g/mol. The smallest absolute Gasteiger partial charge is 0.339 e. The fraction of sp³-hybridized carbons (Fsp3) is 0.0625. The second-order valence-corrected chi connectivity index (χ2v) is 6.82. The van der Waals surface area contributed by atoms with Gasteiger partial charge in [0.2, 0.25) is 0 Å². The predicted molar refractivity (Wildman–Crippen MR) is 86.8 cm³/mol. The third kappa shape index (κ3) is 2.96. The van der Waals surface area contributed by atoms with E-state index in [1.165, 1.54) is 31.4 Å². The van der Waals surface area contributed by atoms with Crippen molar-refractivity contribution in [2.45, 2.75) is 4.90 Å². The maximum atomic E-state index is 12.6.